The fourth-order valence-electron chi connectivity index (χ4n) is 1.86. The van der Waals surface area contributed by atoms with E-state index in [4.69, 9.17) is 4.42 Å². The summed E-state index contributed by atoms with van der Waals surface area (Å²) in [6.45, 7) is 1.88. The van der Waals surface area contributed by atoms with Gasteiger partial charge in [-0.15, -0.1) is 11.3 Å². The molecule has 0 unspecified atom stereocenters. The lowest BCUT2D eigenvalue weighted by Gasteiger charge is -1.92. The number of Topliss-reactive ketones (excluding diaryl/α,β-unsaturated/α-hetero) is 1. The number of carbonyl (C=O) groups is 1. The second-order valence-corrected chi connectivity index (χ2v) is 5.22. The third kappa shape index (κ3) is 2.42. The van der Waals surface area contributed by atoms with Crippen molar-refractivity contribution in [3.8, 4) is 0 Å². The molecule has 0 spiro atoms. The van der Waals surface area contributed by atoms with Gasteiger partial charge < -0.3 is 4.42 Å². The number of fused-ring (bicyclic) bond motifs is 1. The first-order valence-electron chi connectivity index (χ1n) is 5.75. The maximum absolute atomic E-state index is 13.1. The Bertz CT molecular complexity index is 760. The van der Waals surface area contributed by atoms with Gasteiger partial charge in [0.05, 0.1) is 6.42 Å². The maximum Gasteiger partial charge on any atom is 0.204 e. The number of aromatic nitrogens is 1. The summed E-state index contributed by atoms with van der Waals surface area (Å²) in [6, 6.07) is 5.75. The molecule has 0 radical (unpaired) electrons. The molecule has 1 aromatic carbocycles. The number of thiazole rings is 1. The summed E-state index contributed by atoms with van der Waals surface area (Å²) in [5.41, 5.74) is 1.42. The van der Waals surface area contributed by atoms with Crippen molar-refractivity contribution in [3.05, 3.63) is 51.9 Å². The zero-order valence-electron chi connectivity index (χ0n) is 10.1. The van der Waals surface area contributed by atoms with Crippen LogP contribution in [-0.2, 0) is 6.42 Å². The molecule has 0 aliphatic rings. The number of furan rings is 1. The van der Waals surface area contributed by atoms with Gasteiger partial charge in [-0.05, 0) is 31.2 Å². The van der Waals surface area contributed by atoms with Crippen LogP contribution in [0.15, 0.2) is 34.1 Å². The highest BCUT2D eigenvalue weighted by molar-refractivity contribution is 7.09. The lowest BCUT2D eigenvalue weighted by molar-refractivity contribution is 0.0968. The molecule has 0 fully saturated rings. The smallest absolute Gasteiger partial charge is 0.204 e. The van der Waals surface area contributed by atoms with Gasteiger partial charge >= 0.3 is 0 Å². The first-order chi connectivity index (χ1) is 9.11. The lowest BCUT2D eigenvalue weighted by atomic mass is 10.2. The van der Waals surface area contributed by atoms with E-state index in [1.54, 1.807) is 6.07 Å². The van der Waals surface area contributed by atoms with Crippen molar-refractivity contribution in [3.63, 3.8) is 0 Å². The average molecular weight is 275 g/mol. The number of ketones is 1. The first kappa shape index (κ1) is 12.0. The number of hydrogen-bond donors (Lipinski definition) is 0. The summed E-state index contributed by atoms with van der Waals surface area (Å²) in [5, 5.41) is 3.25. The molecule has 0 aliphatic heterocycles. The third-order valence-electron chi connectivity index (χ3n) is 2.73. The third-order valence-corrected chi connectivity index (χ3v) is 3.70. The summed E-state index contributed by atoms with van der Waals surface area (Å²) < 4.78 is 18.5. The van der Waals surface area contributed by atoms with Crippen LogP contribution in [0.4, 0.5) is 4.39 Å². The van der Waals surface area contributed by atoms with Gasteiger partial charge in [-0.25, -0.2) is 9.37 Å². The molecule has 2 heterocycles. The molecule has 19 heavy (non-hydrogen) atoms. The summed E-state index contributed by atoms with van der Waals surface area (Å²) in [6.07, 6.45) is 0.209. The Morgan fingerprint density at radius 3 is 3.00 bits per heavy atom. The van der Waals surface area contributed by atoms with E-state index in [1.807, 2.05) is 12.3 Å². The fourth-order valence-corrected chi connectivity index (χ4v) is 2.63. The second kappa shape index (κ2) is 4.59. The average Bonchev–Trinajstić information content (AvgIpc) is 2.95. The van der Waals surface area contributed by atoms with E-state index in [0.29, 0.717) is 11.0 Å². The Balaban J connectivity index is 1.89. The molecule has 0 bridgehead atoms. The Kier molecular flexibility index (Phi) is 2.91. The van der Waals surface area contributed by atoms with Crippen LogP contribution < -0.4 is 0 Å². The van der Waals surface area contributed by atoms with Gasteiger partial charge in [0.15, 0.2) is 5.76 Å². The van der Waals surface area contributed by atoms with Gasteiger partial charge in [-0.2, -0.15) is 0 Å². The first-order valence-corrected chi connectivity index (χ1v) is 6.63. The molecule has 2 aromatic heterocycles. The predicted molar refractivity (Wildman–Crippen MR) is 71.1 cm³/mol. The molecular formula is C14H10FNO2S. The molecule has 0 saturated carbocycles. The van der Waals surface area contributed by atoms with Crippen LogP contribution in [0.2, 0.25) is 0 Å². The SMILES string of the molecule is Cc1csc(CC(=O)c2cc3cc(F)ccc3o2)n1. The Labute approximate surface area is 112 Å². The Morgan fingerprint density at radius 2 is 2.26 bits per heavy atom. The van der Waals surface area contributed by atoms with Crippen LogP contribution >= 0.6 is 11.3 Å². The van der Waals surface area contributed by atoms with Crippen molar-refractivity contribution in [2.45, 2.75) is 13.3 Å². The highest BCUT2D eigenvalue weighted by Gasteiger charge is 2.15. The molecule has 0 aliphatic carbocycles. The van der Waals surface area contributed by atoms with E-state index in [2.05, 4.69) is 4.98 Å². The molecule has 3 nitrogen and oxygen atoms in total. The van der Waals surface area contributed by atoms with Crippen LogP contribution in [0.3, 0.4) is 0 Å². The number of nitrogens with zero attached hydrogens (tertiary/aromatic N) is 1. The Hall–Kier alpha value is -2.01. The van der Waals surface area contributed by atoms with Crippen molar-refractivity contribution < 1.29 is 13.6 Å². The van der Waals surface area contributed by atoms with Crippen LogP contribution in [-0.4, -0.2) is 10.8 Å². The summed E-state index contributed by atoms with van der Waals surface area (Å²) in [7, 11) is 0. The Morgan fingerprint density at radius 1 is 1.42 bits per heavy atom. The van der Waals surface area contributed by atoms with Crippen LogP contribution in [0, 0.1) is 12.7 Å². The lowest BCUT2D eigenvalue weighted by Crippen LogP contribution is -2.01. The second-order valence-electron chi connectivity index (χ2n) is 4.28. The van der Waals surface area contributed by atoms with Gasteiger partial charge in [-0.1, -0.05) is 0 Å². The van der Waals surface area contributed by atoms with E-state index >= 15 is 0 Å². The zero-order valence-corrected chi connectivity index (χ0v) is 11.0. The van der Waals surface area contributed by atoms with Gasteiger partial charge in [-0.3, -0.25) is 4.79 Å². The van der Waals surface area contributed by atoms with E-state index in [-0.39, 0.29) is 23.8 Å². The number of halogens is 1. The quantitative estimate of drug-likeness (QED) is 0.683. The number of carbonyl (C=O) groups excluding carboxylic acids is 1. The standard InChI is InChI=1S/C14H10FNO2S/c1-8-7-19-14(16-8)6-11(17)13-5-9-4-10(15)2-3-12(9)18-13/h2-5,7H,6H2,1H3. The van der Waals surface area contributed by atoms with Crippen molar-refractivity contribution >= 4 is 28.1 Å². The van der Waals surface area contributed by atoms with Gasteiger partial charge in [0.1, 0.15) is 16.4 Å². The summed E-state index contributed by atoms with van der Waals surface area (Å²) in [4.78, 5) is 16.3. The number of hydrogen-bond acceptors (Lipinski definition) is 4. The molecule has 3 rings (SSSR count). The van der Waals surface area contributed by atoms with Crippen molar-refractivity contribution in [1.29, 1.82) is 0 Å². The highest BCUT2D eigenvalue weighted by atomic mass is 32.1. The molecule has 0 saturated heterocycles. The highest BCUT2D eigenvalue weighted by Crippen LogP contribution is 2.22. The zero-order chi connectivity index (χ0) is 13.4. The largest absolute Gasteiger partial charge is 0.453 e. The fraction of sp³-hybridized carbons (Fsp3) is 0.143. The van der Waals surface area contributed by atoms with Gasteiger partial charge in [0.25, 0.3) is 0 Å². The van der Waals surface area contributed by atoms with Crippen molar-refractivity contribution in [2.24, 2.45) is 0 Å². The molecule has 0 atom stereocenters. The van der Waals surface area contributed by atoms with E-state index < -0.39 is 0 Å². The van der Waals surface area contributed by atoms with Crippen molar-refractivity contribution in [1.82, 2.24) is 4.98 Å². The van der Waals surface area contributed by atoms with Gasteiger partial charge in [0, 0.05) is 16.5 Å². The monoisotopic (exact) mass is 275 g/mol. The predicted octanol–water partition coefficient (Wildman–Crippen LogP) is 3.76. The summed E-state index contributed by atoms with van der Waals surface area (Å²) >= 11 is 1.45. The van der Waals surface area contributed by atoms with Crippen LogP contribution in [0.1, 0.15) is 21.3 Å². The summed E-state index contributed by atoms with van der Waals surface area (Å²) in [5.74, 6) is -0.248. The van der Waals surface area contributed by atoms with Crippen LogP contribution in [0.25, 0.3) is 11.0 Å². The topological polar surface area (TPSA) is 43.1 Å². The molecule has 3 aromatic rings. The number of rotatable bonds is 3. The van der Waals surface area contributed by atoms with Gasteiger partial charge in [0.2, 0.25) is 5.78 Å². The molecular weight excluding hydrogens is 265 g/mol. The maximum atomic E-state index is 13.1. The normalized spacial score (nSPS) is 11.1. The molecule has 0 N–H and O–H groups in total. The minimum Gasteiger partial charge on any atom is -0.453 e. The minimum absolute atomic E-state index is 0.147. The van der Waals surface area contributed by atoms with E-state index in [0.717, 1.165) is 10.7 Å². The van der Waals surface area contributed by atoms with E-state index in [9.17, 15) is 9.18 Å². The number of aryl methyl sites for hydroxylation is 1. The molecule has 0 amide bonds. The molecule has 5 heteroatoms. The minimum atomic E-state index is -0.345. The van der Waals surface area contributed by atoms with Crippen LogP contribution in [0.5, 0.6) is 0 Å². The van der Waals surface area contributed by atoms with E-state index in [1.165, 1.54) is 29.5 Å². The van der Waals surface area contributed by atoms with Crippen molar-refractivity contribution in [2.75, 3.05) is 0 Å². The number of benzene rings is 1. The molecule has 96 valence electrons.